The number of aliphatic hydroxyl groups is 1. The lowest BCUT2D eigenvalue weighted by molar-refractivity contribution is 0.279. The predicted molar refractivity (Wildman–Crippen MR) is 48.3 cm³/mol. The van der Waals surface area contributed by atoms with E-state index >= 15 is 0 Å². The summed E-state index contributed by atoms with van der Waals surface area (Å²) in [7, 11) is 1.50. The van der Waals surface area contributed by atoms with Gasteiger partial charge in [-0.2, -0.15) is 0 Å². The van der Waals surface area contributed by atoms with Crippen molar-refractivity contribution >= 4 is 0 Å². The number of halogens is 1. The molecule has 13 heavy (non-hydrogen) atoms. The third-order valence-corrected chi connectivity index (χ3v) is 2.20. The van der Waals surface area contributed by atoms with E-state index in [1.54, 1.807) is 13.8 Å². The van der Waals surface area contributed by atoms with Gasteiger partial charge in [-0.05, 0) is 31.0 Å². The smallest absolute Gasteiger partial charge is 0.130 e. The van der Waals surface area contributed by atoms with Crippen LogP contribution in [0.3, 0.4) is 0 Å². The fourth-order valence-electron chi connectivity index (χ4n) is 1.38. The second-order valence-electron chi connectivity index (χ2n) is 2.96. The minimum Gasteiger partial charge on any atom is -0.496 e. The molecule has 1 rings (SSSR count). The second-order valence-corrected chi connectivity index (χ2v) is 2.96. The molecule has 0 spiro atoms. The summed E-state index contributed by atoms with van der Waals surface area (Å²) in [6.45, 7) is 3.29. The van der Waals surface area contributed by atoms with Crippen LogP contribution >= 0.6 is 0 Å². The monoisotopic (exact) mass is 184 g/mol. The van der Waals surface area contributed by atoms with Crippen LogP contribution in [-0.4, -0.2) is 12.2 Å². The van der Waals surface area contributed by atoms with Crippen LogP contribution in [0.15, 0.2) is 6.07 Å². The molecular formula is C10H13FO2. The molecule has 0 aliphatic heterocycles. The van der Waals surface area contributed by atoms with E-state index < -0.39 is 0 Å². The van der Waals surface area contributed by atoms with Crippen molar-refractivity contribution in [3.8, 4) is 5.75 Å². The molecule has 3 heteroatoms. The Morgan fingerprint density at radius 2 is 2.00 bits per heavy atom. The average molecular weight is 184 g/mol. The molecule has 0 aliphatic rings. The average Bonchev–Trinajstić information content (AvgIpc) is 2.12. The fourth-order valence-corrected chi connectivity index (χ4v) is 1.38. The normalized spacial score (nSPS) is 10.2. The number of hydrogen-bond donors (Lipinski definition) is 1. The Labute approximate surface area is 77.0 Å². The van der Waals surface area contributed by atoms with Crippen molar-refractivity contribution in [2.45, 2.75) is 20.5 Å². The van der Waals surface area contributed by atoms with E-state index in [2.05, 4.69) is 0 Å². The summed E-state index contributed by atoms with van der Waals surface area (Å²) in [6.07, 6.45) is 0. The largest absolute Gasteiger partial charge is 0.496 e. The van der Waals surface area contributed by atoms with Gasteiger partial charge in [0.05, 0.1) is 13.7 Å². The maximum absolute atomic E-state index is 13.2. The lowest BCUT2D eigenvalue weighted by Gasteiger charge is -2.12. The van der Waals surface area contributed by atoms with Crippen LogP contribution in [0, 0.1) is 19.7 Å². The minimum absolute atomic E-state index is 0.167. The zero-order valence-electron chi connectivity index (χ0n) is 8.02. The molecule has 1 N–H and O–H groups in total. The summed E-state index contributed by atoms with van der Waals surface area (Å²) < 4.78 is 18.3. The zero-order valence-corrected chi connectivity index (χ0v) is 8.02. The van der Waals surface area contributed by atoms with E-state index in [1.165, 1.54) is 13.2 Å². The molecule has 0 amide bonds. The minimum atomic E-state index is -0.341. The van der Waals surface area contributed by atoms with E-state index in [-0.39, 0.29) is 12.4 Å². The SMILES string of the molecule is COc1c(C)c(F)cc(CO)c1C. The van der Waals surface area contributed by atoms with Crippen molar-refractivity contribution in [2.75, 3.05) is 7.11 Å². The molecule has 0 atom stereocenters. The van der Waals surface area contributed by atoms with Crippen molar-refractivity contribution in [3.05, 3.63) is 28.6 Å². The quantitative estimate of drug-likeness (QED) is 0.761. The van der Waals surface area contributed by atoms with Crippen LogP contribution < -0.4 is 4.74 Å². The lowest BCUT2D eigenvalue weighted by Crippen LogP contribution is -1.99. The fraction of sp³-hybridized carbons (Fsp3) is 0.400. The first-order valence-electron chi connectivity index (χ1n) is 4.05. The highest BCUT2D eigenvalue weighted by Gasteiger charge is 2.11. The Balaban J connectivity index is 3.39. The molecule has 1 aromatic rings. The molecule has 0 heterocycles. The lowest BCUT2D eigenvalue weighted by atomic mass is 10.0. The van der Waals surface area contributed by atoms with Gasteiger partial charge in [0.2, 0.25) is 0 Å². The predicted octanol–water partition coefficient (Wildman–Crippen LogP) is 1.94. The van der Waals surface area contributed by atoms with Crippen LogP contribution in [0.4, 0.5) is 4.39 Å². The van der Waals surface area contributed by atoms with Crippen molar-refractivity contribution in [3.63, 3.8) is 0 Å². The van der Waals surface area contributed by atoms with Gasteiger partial charge in [0.1, 0.15) is 11.6 Å². The Hall–Kier alpha value is -1.09. The molecule has 0 aliphatic carbocycles. The van der Waals surface area contributed by atoms with Crippen LogP contribution in [0.25, 0.3) is 0 Å². The highest BCUT2D eigenvalue weighted by molar-refractivity contribution is 5.45. The Morgan fingerprint density at radius 3 is 2.46 bits per heavy atom. The summed E-state index contributed by atoms with van der Waals surface area (Å²) in [6, 6.07) is 1.34. The van der Waals surface area contributed by atoms with Crippen molar-refractivity contribution in [1.29, 1.82) is 0 Å². The van der Waals surface area contributed by atoms with Gasteiger partial charge >= 0.3 is 0 Å². The molecule has 72 valence electrons. The Kier molecular flexibility index (Phi) is 2.88. The van der Waals surface area contributed by atoms with Crippen LogP contribution in [0.5, 0.6) is 5.75 Å². The first kappa shape index (κ1) is 9.99. The summed E-state index contributed by atoms with van der Waals surface area (Å²) in [5, 5.41) is 8.93. The number of rotatable bonds is 2. The molecule has 0 saturated carbocycles. The maximum atomic E-state index is 13.2. The van der Waals surface area contributed by atoms with E-state index in [0.29, 0.717) is 16.9 Å². The van der Waals surface area contributed by atoms with Crippen molar-refractivity contribution in [2.24, 2.45) is 0 Å². The van der Waals surface area contributed by atoms with Gasteiger partial charge in [-0.3, -0.25) is 0 Å². The van der Waals surface area contributed by atoms with E-state index in [9.17, 15) is 4.39 Å². The van der Waals surface area contributed by atoms with Gasteiger partial charge in [0, 0.05) is 5.56 Å². The highest BCUT2D eigenvalue weighted by atomic mass is 19.1. The van der Waals surface area contributed by atoms with E-state index in [4.69, 9.17) is 9.84 Å². The second kappa shape index (κ2) is 3.75. The molecule has 2 nitrogen and oxygen atoms in total. The molecule has 0 unspecified atom stereocenters. The number of methoxy groups -OCH3 is 1. The summed E-state index contributed by atoms with van der Waals surface area (Å²) in [5.41, 5.74) is 1.85. The number of hydrogen-bond acceptors (Lipinski definition) is 2. The first-order chi connectivity index (χ1) is 6.11. The highest BCUT2D eigenvalue weighted by Crippen LogP contribution is 2.28. The molecule has 0 aromatic heterocycles. The van der Waals surface area contributed by atoms with Gasteiger partial charge in [0.15, 0.2) is 0 Å². The number of aliphatic hydroxyl groups excluding tert-OH is 1. The molecular weight excluding hydrogens is 171 g/mol. The first-order valence-corrected chi connectivity index (χ1v) is 4.05. The maximum Gasteiger partial charge on any atom is 0.130 e. The van der Waals surface area contributed by atoms with Crippen LogP contribution in [0.1, 0.15) is 16.7 Å². The third-order valence-electron chi connectivity index (χ3n) is 2.20. The zero-order chi connectivity index (χ0) is 10.0. The van der Waals surface area contributed by atoms with Crippen LogP contribution in [0.2, 0.25) is 0 Å². The summed E-state index contributed by atoms with van der Waals surface area (Å²) >= 11 is 0. The van der Waals surface area contributed by atoms with Gasteiger partial charge in [-0.15, -0.1) is 0 Å². The van der Waals surface area contributed by atoms with Crippen molar-refractivity contribution in [1.82, 2.24) is 0 Å². The van der Waals surface area contributed by atoms with E-state index in [0.717, 1.165) is 5.56 Å². The van der Waals surface area contributed by atoms with Gasteiger partial charge in [0.25, 0.3) is 0 Å². The summed E-state index contributed by atoms with van der Waals surface area (Å²) in [4.78, 5) is 0. The number of ether oxygens (including phenoxy) is 1. The van der Waals surface area contributed by atoms with Gasteiger partial charge in [-0.25, -0.2) is 4.39 Å². The van der Waals surface area contributed by atoms with Crippen LogP contribution in [-0.2, 0) is 6.61 Å². The molecule has 0 radical (unpaired) electrons. The van der Waals surface area contributed by atoms with E-state index in [1.807, 2.05) is 0 Å². The topological polar surface area (TPSA) is 29.5 Å². The molecule has 0 saturated heterocycles. The molecule has 0 bridgehead atoms. The Morgan fingerprint density at radius 1 is 1.38 bits per heavy atom. The summed E-state index contributed by atoms with van der Waals surface area (Å²) in [5.74, 6) is 0.176. The van der Waals surface area contributed by atoms with Crippen molar-refractivity contribution < 1.29 is 14.2 Å². The van der Waals surface area contributed by atoms with Gasteiger partial charge in [-0.1, -0.05) is 0 Å². The third kappa shape index (κ3) is 1.65. The molecule has 1 aromatic carbocycles. The Bertz CT molecular complexity index is 321. The standard InChI is InChI=1S/C10H13FO2/c1-6-8(5-12)4-9(11)7(2)10(6)13-3/h4,12H,5H2,1-3H3. The number of benzene rings is 1. The molecule has 0 fully saturated rings. The van der Waals surface area contributed by atoms with Gasteiger partial charge < -0.3 is 9.84 Å².